The Kier molecular flexibility index (Phi) is 3.95. The molecule has 1 N–H and O–H groups in total. The average Bonchev–Trinajstić information content (AvgIpc) is 2.88. The van der Waals surface area contributed by atoms with Gasteiger partial charge in [-0.25, -0.2) is 4.39 Å². The highest BCUT2D eigenvalue weighted by Gasteiger charge is 2.09. The molecule has 18 heavy (non-hydrogen) atoms. The van der Waals surface area contributed by atoms with Crippen molar-refractivity contribution in [2.45, 2.75) is 13.0 Å². The Morgan fingerprint density at radius 3 is 3.06 bits per heavy atom. The largest absolute Gasteiger partial charge is 0.352 e. The number of aromatic nitrogens is 4. The number of hydrogen-bond donors (Lipinski definition) is 1. The fraction of sp³-hybridized carbons (Fsp3) is 0.273. The number of halogens is 1. The maximum atomic E-state index is 13.2. The molecule has 2 aromatic heterocycles. The van der Waals surface area contributed by atoms with Gasteiger partial charge in [0.25, 0.3) is 5.91 Å². The van der Waals surface area contributed by atoms with Gasteiger partial charge in [-0.2, -0.15) is 0 Å². The molecule has 0 radical (unpaired) electrons. The van der Waals surface area contributed by atoms with E-state index in [9.17, 15) is 9.18 Å². The molecule has 0 saturated carbocycles. The Hall–Kier alpha value is -2.31. The van der Waals surface area contributed by atoms with Crippen molar-refractivity contribution in [1.29, 1.82) is 0 Å². The minimum absolute atomic E-state index is 0.00533. The number of carbonyl (C=O) groups excluding carboxylic acids is 1. The first kappa shape index (κ1) is 12.2. The number of nitrogens with zero attached hydrogens (tertiary/aromatic N) is 4. The highest BCUT2D eigenvalue weighted by molar-refractivity contribution is 5.94. The molecular formula is C11H12FN5O. The van der Waals surface area contributed by atoms with Gasteiger partial charge < -0.3 is 5.32 Å². The summed E-state index contributed by atoms with van der Waals surface area (Å²) in [6, 6.07) is 1.35. The Morgan fingerprint density at radius 1 is 1.44 bits per heavy atom. The summed E-state index contributed by atoms with van der Waals surface area (Å²) in [5, 5.41) is 10.1. The van der Waals surface area contributed by atoms with Gasteiger partial charge in [-0.15, -0.1) is 5.10 Å². The third-order valence-electron chi connectivity index (χ3n) is 2.34. The number of carbonyl (C=O) groups is 1. The van der Waals surface area contributed by atoms with Crippen molar-refractivity contribution in [1.82, 2.24) is 25.3 Å². The molecule has 0 aliphatic rings. The fourth-order valence-corrected chi connectivity index (χ4v) is 1.45. The Balaban J connectivity index is 1.77. The third-order valence-corrected chi connectivity index (χ3v) is 2.34. The minimum Gasteiger partial charge on any atom is -0.352 e. The first-order valence-electron chi connectivity index (χ1n) is 5.49. The van der Waals surface area contributed by atoms with Crippen LogP contribution in [0.25, 0.3) is 0 Å². The lowest BCUT2D eigenvalue weighted by molar-refractivity contribution is 0.0948. The SMILES string of the molecule is O=C(NCCCn1ccnn1)c1ccncc1F. The van der Waals surface area contributed by atoms with E-state index in [0.717, 1.165) is 6.20 Å². The van der Waals surface area contributed by atoms with Gasteiger partial charge in [0.15, 0.2) is 5.82 Å². The number of hydrogen-bond acceptors (Lipinski definition) is 4. The van der Waals surface area contributed by atoms with E-state index >= 15 is 0 Å². The first-order chi connectivity index (χ1) is 8.77. The van der Waals surface area contributed by atoms with E-state index in [1.807, 2.05) is 0 Å². The maximum Gasteiger partial charge on any atom is 0.254 e. The molecule has 0 unspecified atom stereocenters. The number of amides is 1. The maximum absolute atomic E-state index is 13.2. The highest BCUT2D eigenvalue weighted by atomic mass is 19.1. The van der Waals surface area contributed by atoms with Gasteiger partial charge in [0.05, 0.1) is 18.0 Å². The summed E-state index contributed by atoms with van der Waals surface area (Å²) in [6.45, 7) is 1.10. The topological polar surface area (TPSA) is 72.7 Å². The molecule has 0 aromatic carbocycles. The van der Waals surface area contributed by atoms with Crippen LogP contribution < -0.4 is 5.32 Å². The summed E-state index contributed by atoms with van der Waals surface area (Å²) in [6.07, 6.45) is 6.43. The van der Waals surface area contributed by atoms with Gasteiger partial charge in [-0.05, 0) is 12.5 Å². The van der Waals surface area contributed by atoms with Crippen LogP contribution in [0.3, 0.4) is 0 Å². The molecule has 0 spiro atoms. The van der Waals surface area contributed by atoms with Crippen molar-refractivity contribution in [3.05, 3.63) is 42.2 Å². The zero-order valence-electron chi connectivity index (χ0n) is 9.58. The summed E-state index contributed by atoms with van der Waals surface area (Å²) >= 11 is 0. The van der Waals surface area contributed by atoms with E-state index in [-0.39, 0.29) is 5.56 Å². The van der Waals surface area contributed by atoms with E-state index in [4.69, 9.17) is 0 Å². The Bertz CT molecular complexity index is 514. The van der Waals surface area contributed by atoms with Gasteiger partial charge >= 0.3 is 0 Å². The molecule has 0 fully saturated rings. The van der Waals surface area contributed by atoms with Crippen molar-refractivity contribution in [3.63, 3.8) is 0 Å². The molecule has 1 amide bonds. The quantitative estimate of drug-likeness (QED) is 0.789. The van der Waals surface area contributed by atoms with E-state index < -0.39 is 11.7 Å². The Labute approximate surface area is 103 Å². The Morgan fingerprint density at radius 2 is 2.33 bits per heavy atom. The van der Waals surface area contributed by atoms with Crippen LogP contribution in [-0.2, 0) is 6.54 Å². The van der Waals surface area contributed by atoms with Crippen molar-refractivity contribution >= 4 is 5.91 Å². The monoisotopic (exact) mass is 249 g/mol. The zero-order valence-corrected chi connectivity index (χ0v) is 9.58. The van der Waals surface area contributed by atoms with Gasteiger partial charge in [-0.3, -0.25) is 14.5 Å². The summed E-state index contributed by atoms with van der Waals surface area (Å²) in [4.78, 5) is 15.2. The highest BCUT2D eigenvalue weighted by Crippen LogP contribution is 2.03. The third kappa shape index (κ3) is 3.09. The van der Waals surface area contributed by atoms with Crippen LogP contribution in [0.5, 0.6) is 0 Å². The molecule has 2 aromatic rings. The second-order valence-corrected chi connectivity index (χ2v) is 3.63. The molecule has 2 heterocycles. The molecule has 0 saturated heterocycles. The normalized spacial score (nSPS) is 10.3. The lowest BCUT2D eigenvalue weighted by atomic mass is 10.2. The second-order valence-electron chi connectivity index (χ2n) is 3.63. The summed E-state index contributed by atoms with van der Waals surface area (Å²) < 4.78 is 14.9. The molecule has 0 aliphatic carbocycles. The molecule has 0 aliphatic heterocycles. The molecular weight excluding hydrogens is 237 g/mol. The number of pyridine rings is 1. The lowest BCUT2D eigenvalue weighted by Crippen LogP contribution is -2.26. The van der Waals surface area contributed by atoms with Crippen LogP contribution in [0.15, 0.2) is 30.9 Å². The van der Waals surface area contributed by atoms with Gasteiger partial charge in [-0.1, -0.05) is 5.21 Å². The molecule has 6 nitrogen and oxygen atoms in total. The second kappa shape index (κ2) is 5.85. The smallest absolute Gasteiger partial charge is 0.254 e. The minimum atomic E-state index is -0.619. The van der Waals surface area contributed by atoms with Crippen molar-refractivity contribution in [3.8, 4) is 0 Å². The van der Waals surface area contributed by atoms with Gasteiger partial charge in [0, 0.05) is 25.5 Å². The van der Waals surface area contributed by atoms with Gasteiger partial charge in [0.1, 0.15) is 0 Å². The van der Waals surface area contributed by atoms with E-state index in [0.29, 0.717) is 19.5 Å². The number of aryl methyl sites for hydroxylation is 1. The molecule has 94 valence electrons. The lowest BCUT2D eigenvalue weighted by Gasteiger charge is -2.05. The summed E-state index contributed by atoms with van der Waals surface area (Å²) in [7, 11) is 0. The standard InChI is InChI=1S/C11H12FN5O/c12-10-8-13-4-2-9(10)11(18)14-3-1-6-17-7-5-15-16-17/h2,4-5,7-8H,1,3,6H2,(H,14,18). The number of rotatable bonds is 5. The predicted molar refractivity (Wildman–Crippen MR) is 61.2 cm³/mol. The molecule has 0 atom stereocenters. The zero-order chi connectivity index (χ0) is 12.8. The van der Waals surface area contributed by atoms with E-state index in [1.54, 1.807) is 17.1 Å². The van der Waals surface area contributed by atoms with Crippen LogP contribution in [0.1, 0.15) is 16.8 Å². The molecule has 0 bridgehead atoms. The van der Waals surface area contributed by atoms with Crippen LogP contribution in [0.2, 0.25) is 0 Å². The van der Waals surface area contributed by atoms with Crippen molar-refractivity contribution in [2.75, 3.05) is 6.54 Å². The average molecular weight is 249 g/mol. The van der Waals surface area contributed by atoms with Crippen LogP contribution in [0.4, 0.5) is 4.39 Å². The first-order valence-corrected chi connectivity index (χ1v) is 5.49. The molecule has 7 heteroatoms. The van der Waals surface area contributed by atoms with E-state index in [1.165, 1.54) is 12.3 Å². The van der Waals surface area contributed by atoms with Crippen LogP contribution >= 0.6 is 0 Å². The van der Waals surface area contributed by atoms with E-state index in [2.05, 4.69) is 20.6 Å². The fourth-order valence-electron chi connectivity index (χ4n) is 1.45. The predicted octanol–water partition coefficient (Wildman–Crippen LogP) is 0.632. The van der Waals surface area contributed by atoms with Gasteiger partial charge in [0.2, 0.25) is 0 Å². The van der Waals surface area contributed by atoms with Crippen LogP contribution in [-0.4, -0.2) is 32.4 Å². The van der Waals surface area contributed by atoms with Crippen molar-refractivity contribution in [2.24, 2.45) is 0 Å². The summed E-state index contributed by atoms with van der Waals surface area (Å²) in [5.74, 6) is -1.06. The summed E-state index contributed by atoms with van der Waals surface area (Å²) in [5.41, 5.74) is 0.00533. The van der Waals surface area contributed by atoms with Crippen molar-refractivity contribution < 1.29 is 9.18 Å². The number of nitrogens with one attached hydrogen (secondary N) is 1. The van der Waals surface area contributed by atoms with Crippen LogP contribution in [0, 0.1) is 5.82 Å². The molecule has 2 rings (SSSR count).